The van der Waals surface area contributed by atoms with Gasteiger partial charge in [0.2, 0.25) is 0 Å². The van der Waals surface area contributed by atoms with Crippen LogP contribution >= 0.6 is 11.8 Å². The average molecular weight is 214 g/mol. The lowest BCUT2D eigenvalue weighted by Gasteiger charge is -2.39. The van der Waals surface area contributed by atoms with E-state index >= 15 is 0 Å². The van der Waals surface area contributed by atoms with Crippen molar-refractivity contribution >= 4 is 11.8 Å². The minimum atomic E-state index is 0.404. The van der Waals surface area contributed by atoms with Crippen molar-refractivity contribution in [3.05, 3.63) is 0 Å². The van der Waals surface area contributed by atoms with E-state index in [2.05, 4.69) is 29.8 Å². The van der Waals surface area contributed by atoms with E-state index in [9.17, 15) is 0 Å². The molecule has 2 N–H and O–H groups in total. The lowest BCUT2D eigenvalue weighted by molar-refractivity contribution is 0.139. The topological polar surface area (TPSA) is 29.3 Å². The van der Waals surface area contributed by atoms with Crippen LogP contribution in [0.4, 0.5) is 0 Å². The maximum absolute atomic E-state index is 6.10. The van der Waals surface area contributed by atoms with Gasteiger partial charge in [-0.3, -0.25) is 4.90 Å². The molecule has 2 rings (SSSR count). The van der Waals surface area contributed by atoms with Gasteiger partial charge < -0.3 is 5.73 Å². The van der Waals surface area contributed by atoms with Crippen LogP contribution in [0.25, 0.3) is 0 Å². The molecule has 2 fully saturated rings. The molecule has 0 radical (unpaired) electrons. The summed E-state index contributed by atoms with van der Waals surface area (Å²) in [6.07, 6.45) is 7.57. The molecule has 1 saturated heterocycles. The second-order valence-corrected chi connectivity index (χ2v) is 6.18. The third kappa shape index (κ3) is 2.10. The number of hydrogen-bond acceptors (Lipinski definition) is 3. The predicted molar refractivity (Wildman–Crippen MR) is 63.7 cm³/mol. The van der Waals surface area contributed by atoms with Gasteiger partial charge in [0.1, 0.15) is 0 Å². The smallest absolute Gasteiger partial charge is 0.0285 e. The molecule has 0 aromatic carbocycles. The van der Waals surface area contributed by atoms with E-state index in [1.165, 1.54) is 38.8 Å². The predicted octanol–water partition coefficient (Wildman–Crippen LogP) is 1.69. The van der Waals surface area contributed by atoms with Crippen LogP contribution in [0.1, 0.15) is 32.6 Å². The first-order valence-electron chi connectivity index (χ1n) is 5.72. The van der Waals surface area contributed by atoms with E-state index in [0.717, 1.165) is 0 Å². The Bertz CT molecular complexity index is 203. The molecule has 1 heterocycles. The molecule has 1 aliphatic carbocycles. The van der Waals surface area contributed by atoms with Crippen molar-refractivity contribution in [2.24, 2.45) is 5.73 Å². The van der Waals surface area contributed by atoms with Gasteiger partial charge in [0, 0.05) is 23.4 Å². The van der Waals surface area contributed by atoms with E-state index in [1.54, 1.807) is 0 Å². The van der Waals surface area contributed by atoms with Crippen molar-refractivity contribution in [2.45, 2.75) is 49.4 Å². The van der Waals surface area contributed by atoms with Crippen molar-refractivity contribution in [1.29, 1.82) is 0 Å². The Labute approximate surface area is 91.6 Å². The SMILES string of the molecule is CSC1(CN2CCCC(N)C2C)CC1. The minimum absolute atomic E-state index is 0.404. The van der Waals surface area contributed by atoms with Gasteiger partial charge in [0.05, 0.1) is 0 Å². The molecule has 2 atom stereocenters. The number of nitrogens with two attached hydrogens (primary N) is 1. The Kier molecular flexibility index (Phi) is 3.10. The monoisotopic (exact) mass is 214 g/mol. The molecule has 2 unspecified atom stereocenters. The van der Waals surface area contributed by atoms with Crippen LogP contribution < -0.4 is 5.73 Å². The van der Waals surface area contributed by atoms with E-state index in [-0.39, 0.29) is 0 Å². The van der Waals surface area contributed by atoms with E-state index in [0.29, 0.717) is 16.8 Å². The first kappa shape index (κ1) is 10.8. The molecule has 0 aromatic heterocycles. The maximum atomic E-state index is 6.10. The molecule has 0 amide bonds. The molecule has 3 heteroatoms. The minimum Gasteiger partial charge on any atom is -0.326 e. The van der Waals surface area contributed by atoms with Gasteiger partial charge >= 0.3 is 0 Å². The highest BCUT2D eigenvalue weighted by atomic mass is 32.2. The Hall–Kier alpha value is 0.270. The second-order valence-electron chi connectivity index (χ2n) is 4.90. The summed E-state index contributed by atoms with van der Waals surface area (Å²) in [5.74, 6) is 0. The number of thioether (sulfide) groups is 1. The van der Waals surface area contributed by atoms with Crippen molar-refractivity contribution in [1.82, 2.24) is 4.90 Å². The molecule has 14 heavy (non-hydrogen) atoms. The summed E-state index contributed by atoms with van der Waals surface area (Å²) in [5, 5.41) is 0. The Balaban J connectivity index is 1.90. The molecular weight excluding hydrogens is 192 g/mol. The van der Waals surface area contributed by atoms with Gasteiger partial charge in [0.15, 0.2) is 0 Å². The summed E-state index contributed by atoms with van der Waals surface area (Å²) in [4.78, 5) is 2.61. The zero-order chi connectivity index (χ0) is 10.2. The highest BCUT2D eigenvalue weighted by Crippen LogP contribution is 2.48. The molecule has 0 aromatic rings. The van der Waals surface area contributed by atoms with Crippen LogP contribution in [-0.2, 0) is 0 Å². The van der Waals surface area contributed by atoms with Crippen LogP contribution in [0.15, 0.2) is 0 Å². The Morgan fingerprint density at radius 3 is 2.79 bits per heavy atom. The van der Waals surface area contributed by atoms with Crippen LogP contribution in [0.2, 0.25) is 0 Å². The quantitative estimate of drug-likeness (QED) is 0.775. The van der Waals surface area contributed by atoms with E-state index in [1.807, 2.05) is 0 Å². The fraction of sp³-hybridized carbons (Fsp3) is 1.00. The van der Waals surface area contributed by atoms with Gasteiger partial charge in [0.25, 0.3) is 0 Å². The zero-order valence-corrected chi connectivity index (χ0v) is 10.1. The van der Waals surface area contributed by atoms with E-state index < -0.39 is 0 Å². The summed E-state index contributed by atoms with van der Waals surface area (Å²) in [6.45, 7) is 4.82. The normalized spacial score (nSPS) is 37.1. The fourth-order valence-corrected chi connectivity index (χ4v) is 3.21. The molecular formula is C11H22N2S. The Morgan fingerprint density at radius 2 is 2.21 bits per heavy atom. The number of piperidine rings is 1. The summed E-state index contributed by atoms with van der Waals surface area (Å²) in [7, 11) is 0. The van der Waals surface area contributed by atoms with Gasteiger partial charge in [-0.25, -0.2) is 0 Å². The standard InChI is InChI=1S/C11H22N2S/c1-9-10(12)4-3-7-13(9)8-11(14-2)5-6-11/h9-10H,3-8,12H2,1-2H3. The maximum Gasteiger partial charge on any atom is 0.0285 e. The van der Waals surface area contributed by atoms with Gasteiger partial charge in [-0.05, 0) is 45.4 Å². The van der Waals surface area contributed by atoms with Crippen LogP contribution in [0.5, 0.6) is 0 Å². The number of hydrogen-bond donors (Lipinski definition) is 1. The highest BCUT2D eigenvalue weighted by molar-refractivity contribution is 8.00. The van der Waals surface area contributed by atoms with Crippen molar-refractivity contribution in [2.75, 3.05) is 19.3 Å². The number of rotatable bonds is 3. The van der Waals surface area contributed by atoms with Crippen molar-refractivity contribution in [3.8, 4) is 0 Å². The van der Waals surface area contributed by atoms with E-state index in [4.69, 9.17) is 5.73 Å². The second kappa shape index (κ2) is 4.03. The van der Waals surface area contributed by atoms with Crippen LogP contribution in [-0.4, -0.2) is 41.1 Å². The lowest BCUT2D eigenvalue weighted by Crippen LogP contribution is -2.52. The largest absolute Gasteiger partial charge is 0.326 e. The summed E-state index contributed by atoms with van der Waals surface area (Å²) in [5.41, 5.74) is 6.10. The highest BCUT2D eigenvalue weighted by Gasteiger charge is 2.44. The average Bonchev–Trinajstić information content (AvgIpc) is 2.94. The number of nitrogens with zero attached hydrogens (tertiary/aromatic N) is 1. The summed E-state index contributed by atoms with van der Waals surface area (Å²) >= 11 is 2.05. The molecule has 82 valence electrons. The van der Waals surface area contributed by atoms with Crippen molar-refractivity contribution in [3.63, 3.8) is 0 Å². The summed E-state index contributed by atoms with van der Waals surface area (Å²) < 4.78 is 0.602. The Morgan fingerprint density at radius 1 is 1.50 bits per heavy atom. The van der Waals surface area contributed by atoms with Crippen molar-refractivity contribution < 1.29 is 0 Å². The first-order valence-corrected chi connectivity index (χ1v) is 6.94. The summed E-state index contributed by atoms with van der Waals surface area (Å²) in [6, 6.07) is 0.995. The number of likely N-dealkylation sites (tertiary alicyclic amines) is 1. The molecule has 1 saturated carbocycles. The van der Waals surface area contributed by atoms with Crippen LogP contribution in [0, 0.1) is 0 Å². The molecule has 0 bridgehead atoms. The zero-order valence-electron chi connectivity index (χ0n) is 9.33. The van der Waals surface area contributed by atoms with Crippen LogP contribution in [0.3, 0.4) is 0 Å². The molecule has 0 spiro atoms. The molecule has 2 nitrogen and oxygen atoms in total. The molecule has 2 aliphatic rings. The van der Waals surface area contributed by atoms with Gasteiger partial charge in [-0.15, -0.1) is 0 Å². The van der Waals surface area contributed by atoms with Gasteiger partial charge in [-0.2, -0.15) is 11.8 Å². The van der Waals surface area contributed by atoms with Gasteiger partial charge in [-0.1, -0.05) is 0 Å². The fourth-order valence-electron chi connectivity index (χ4n) is 2.41. The third-order valence-corrected chi connectivity index (χ3v) is 5.31. The third-order valence-electron chi connectivity index (χ3n) is 3.91. The molecule has 1 aliphatic heterocycles. The lowest BCUT2D eigenvalue weighted by atomic mass is 9.98. The first-order chi connectivity index (χ1) is 6.67.